The Morgan fingerprint density at radius 2 is 1.52 bits per heavy atom. The molecule has 0 radical (unpaired) electrons. The van der Waals surface area contributed by atoms with E-state index in [2.05, 4.69) is 21.2 Å². The molecule has 0 saturated carbocycles. The zero-order chi connectivity index (χ0) is 21.7. The van der Waals surface area contributed by atoms with Crippen molar-refractivity contribution in [3.63, 3.8) is 0 Å². The van der Waals surface area contributed by atoms with Crippen LogP contribution in [0.5, 0.6) is 0 Å². The van der Waals surface area contributed by atoms with Crippen molar-refractivity contribution in [2.75, 3.05) is 28.4 Å². The molecule has 1 N–H and O–H groups in total. The van der Waals surface area contributed by atoms with Gasteiger partial charge in [-0.15, -0.1) is 0 Å². The van der Waals surface area contributed by atoms with Crippen LogP contribution in [0.3, 0.4) is 0 Å². The van der Waals surface area contributed by atoms with Crippen LogP contribution in [0.4, 0.5) is 0 Å². The highest BCUT2D eigenvalue weighted by Crippen LogP contribution is 2.41. The maximum atomic E-state index is 12.7. The molecule has 8 heteroatoms. The van der Waals surface area contributed by atoms with Crippen molar-refractivity contribution in [1.82, 2.24) is 5.32 Å². The Morgan fingerprint density at radius 3 is 1.97 bits per heavy atom. The average Bonchev–Trinajstić information content (AvgIpc) is 2.70. The van der Waals surface area contributed by atoms with Gasteiger partial charge in [0.25, 0.3) is 0 Å². The van der Waals surface area contributed by atoms with Gasteiger partial charge in [-0.05, 0) is 37.1 Å². The quantitative estimate of drug-likeness (QED) is 0.486. The number of nitrogens with one attached hydrogen (secondary N) is 1. The van der Waals surface area contributed by atoms with E-state index < -0.39 is 24.1 Å². The molecule has 158 valence electrons. The number of halogens is 1. The van der Waals surface area contributed by atoms with Gasteiger partial charge in [-0.25, -0.2) is 9.59 Å². The lowest BCUT2D eigenvalue weighted by molar-refractivity contribution is -0.137. The minimum Gasteiger partial charge on any atom is -0.466 e. The van der Waals surface area contributed by atoms with Crippen LogP contribution in [0, 0.1) is 0 Å². The number of carbonyl (C=O) groups excluding carboxylic acids is 2. The fourth-order valence-corrected chi connectivity index (χ4v) is 3.95. The van der Waals surface area contributed by atoms with Crippen molar-refractivity contribution >= 4 is 27.9 Å². The zero-order valence-electron chi connectivity index (χ0n) is 17.4. The summed E-state index contributed by atoms with van der Waals surface area (Å²) in [4.78, 5) is 25.4. The topological polar surface area (TPSA) is 83.1 Å². The number of methoxy groups -OCH3 is 4. The summed E-state index contributed by atoms with van der Waals surface area (Å²) in [6.45, 7) is 3.56. The molecule has 1 aromatic rings. The lowest BCUT2D eigenvalue weighted by atomic mass is 9.78. The molecule has 1 aliphatic heterocycles. The summed E-state index contributed by atoms with van der Waals surface area (Å²) in [6, 6.07) is 5.67. The van der Waals surface area contributed by atoms with Crippen LogP contribution in [-0.4, -0.2) is 46.7 Å². The van der Waals surface area contributed by atoms with Gasteiger partial charge in [0.05, 0.1) is 31.3 Å². The van der Waals surface area contributed by atoms with Crippen molar-refractivity contribution < 1.29 is 28.5 Å². The Balaban J connectivity index is 2.75. The molecule has 0 spiro atoms. The van der Waals surface area contributed by atoms with Gasteiger partial charge in [0.15, 0.2) is 6.29 Å². The molecule has 7 nitrogen and oxygen atoms in total. The number of allylic oxidation sites excluding steroid dienone is 2. The molecule has 2 rings (SSSR count). The second kappa shape index (κ2) is 10.0. The van der Waals surface area contributed by atoms with Crippen molar-refractivity contribution in [2.45, 2.75) is 32.5 Å². The number of dihydropyridines is 1. The third kappa shape index (κ3) is 4.88. The summed E-state index contributed by atoms with van der Waals surface area (Å²) >= 11 is 3.49. The van der Waals surface area contributed by atoms with Crippen LogP contribution >= 0.6 is 15.9 Å². The van der Waals surface area contributed by atoms with E-state index in [-0.39, 0.29) is 0 Å². The number of benzene rings is 1. The highest BCUT2D eigenvalue weighted by atomic mass is 79.9. The summed E-state index contributed by atoms with van der Waals surface area (Å²) in [5.74, 6) is -1.69. The zero-order valence-corrected chi connectivity index (χ0v) is 19.0. The largest absolute Gasteiger partial charge is 0.466 e. The second-order valence-corrected chi connectivity index (χ2v) is 7.48. The minimum atomic E-state index is -0.659. The second-order valence-electron chi connectivity index (χ2n) is 6.57. The standard InChI is InChI=1S/C21H26BrNO6/c1-11-17(20(24)28-5)19(18(12(2)23-11)21(25)29-6)15-8-7-14(22)9-13(15)10-16(26-3)27-4/h7-9,16,19,23H,10H2,1-6H3. The molecular weight excluding hydrogens is 442 g/mol. The molecule has 1 heterocycles. The normalized spacial score (nSPS) is 14.9. The van der Waals surface area contributed by atoms with Crippen molar-refractivity contribution in [3.05, 3.63) is 56.3 Å². The van der Waals surface area contributed by atoms with Crippen LogP contribution in [0.25, 0.3) is 0 Å². The number of carbonyl (C=O) groups is 2. The summed E-state index contributed by atoms with van der Waals surface area (Å²) in [7, 11) is 5.75. The molecule has 0 aromatic heterocycles. The first-order chi connectivity index (χ1) is 13.8. The third-order valence-electron chi connectivity index (χ3n) is 4.90. The molecule has 0 atom stereocenters. The van der Waals surface area contributed by atoms with Gasteiger partial charge in [-0.3, -0.25) is 0 Å². The van der Waals surface area contributed by atoms with E-state index in [4.69, 9.17) is 18.9 Å². The Morgan fingerprint density at radius 1 is 1.00 bits per heavy atom. The smallest absolute Gasteiger partial charge is 0.336 e. The Bertz CT molecular complexity index is 819. The molecule has 1 aromatic carbocycles. The Labute approximate surface area is 179 Å². The highest BCUT2D eigenvalue weighted by molar-refractivity contribution is 9.10. The van der Waals surface area contributed by atoms with E-state index in [1.54, 1.807) is 28.1 Å². The van der Waals surface area contributed by atoms with Gasteiger partial charge in [0, 0.05) is 36.5 Å². The molecule has 0 bridgehead atoms. The number of rotatable bonds is 7. The third-order valence-corrected chi connectivity index (χ3v) is 5.39. The van der Waals surface area contributed by atoms with E-state index in [9.17, 15) is 9.59 Å². The average molecular weight is 468 g/mol. The van der Waals surface area contributed by atoms with E-state index in [0.717, 1.165) is 15.6 Å². The van der Waals surface area contributed by atoms with Crippen LogP contribution in [0.2, 0.25) is 0 Å². The van der Waals surface area contributed by atoms with Gasteiger partial charge >= 0.3 is 11.9 Å². The van der Waals surface area contributed by atoms with E-state index in [0.29, 0.717) is 29.0 Å². The number of ether oxygens (including phenoxy) is 4. The summed E-state index contributed by atoms with van der Waals surface area (Å²) in [6.07, 6.45) is -0.0600. The van der Waals surface area contributed by atoms with Crippen LogP contribution in [0.15, 0.2) is 45.2 Å². The lowest BCUT2D eigenvalue weighted by Gasteiger charge is -2.31. The molecule has 1 aliphatic rings. The van der Waals surface area contributed by atoms with Crippen molar-refractivity contribution in [2.24, 2.45) is 0 Å². The fraction of sp³-hybridized carbons (Fsp3) is 0.429. The summed E-state index contributed by atoms with van der Waals surface area (Å²) < 4.78 is 21.6. The van der Waals surface area contributed by atoms with Crippen LogP contribution < -0.4 is 5.32 Å². The van der Waals surface area contributed by atoms with Crippen molar-refractivity contribution in [3.8, 4) is 0 Å². The molecule has 29 heavy (non-hydrogen) atoms. The maximum absolute atomic E-state index is 12.7. The van der Waals surface area contributed by atoms with Gasteiger partial charge in [-0.2, -0.15) is 0 Å². The first kappa shape index (κ1) is 23.1. The Hall–Kier alpha value is -2.16. The minimum absolute atomic E-state index is 0.355. The maximum Gasteiger partial charge on any atom is 0.336 e. The fourth-order valence-electron chi connectivity index (χ4n) is 3.54. The number of esters is 2. The molecule has 0 amide bonds. The number of hydrogen-bond acceptors (Lipinski definition) is 7. The van der Waals surface area contributed by atoms with Gasteiger partial charge in [0.1, 0.15) is 0 Å². The SMILES string of the molecule is COC(=O)C1=C(C)NC(C)=C(C(=O)OC)C1c1ccc(Br)cc1CC(OC)OC. The van der Waals surface area contributed by atoms with Crippen LogP contribution in [-0.2, 0) is 35.0 Å². The lowest BCUT2D eigenvalue weighted by Crippen LogP contribution is -2.32. The first-order valence-corrected chi connectivity index (χ1v) is 9.77. The predicted molar refractivity (Wildman–Crippen MR) is 111 cm³/mol. The van der Waals surface area contributed by atoms with Gasteiger partial charge in [0.2, 0.25) is 0 Å². The summed E-state index contributed by atoms with van der Waals surface area (Å²) in [5, 5.41) is 3.10. The van der Waals surface area contributed by atoms with E-state index in [1.807, 2.05) is 18.2 Å². The molecule has 0 saturated heterocycles. The highest BCUT2D eigenvalue weighted by Gasteiger charge is 2.38. The molecular formula is C21H26BrNO6. The first-order valence-electron chi connectivity index (χ1n) is 8.98. The predicted octanol–water partition coefficient (Wildman–Crippen LogP) is 3.19. The summed E-state index contributed by atoms with van der Waals surface area (Å²) in [5.41, 5.74) is 3.59. The van der Waals surface area contributed by atoms with Crippen molar-refractivity contribution in [1.29, 1.82) is 0 Å². The monoisotopic (exact) mass is 467 g/mol. The van der Waals surface area contributed by atoms with Gasteiger partial charge in [-0.1, -0.05) is 22.0 Å². The number of hydrogen-bond donors (Lipinski definition) is 1. The van der Waals surface area contributed by atoms with Gasteiger partial charge < -0.3 is 24.3 Å². The Kier molecular flexibility index (Phi) is 8.01. The van der Waals surface area contributed by atoms with E-state index in [1.165, 1.54) is 14.2 Å². The molecule has 0 unspecified atom stereocenters. The molecule has 0 fully saturated rings. The van der Waals surface area contributed by atoms with Crippen LogP contribution in [0.1, 0.15) is 30.9 Å². The molecule has 0 aliphatic carbocycles. The van der Waals surface area contributed by atoms with E-state index >= 15 is 0 Å².